The predicted octanol–water partition coefficient (Wildman–Crippen LogP) is 2.75. The van der Waals surface area contributed by atoms with E-state index in [1.807, 2.05) is 32.9 Å². The molecule has 0 spiro atoms. The Hall–Kier alpha value is -1.21. The van der Waals surface area contributed by atoms with Crippen LogP contribution in [0.5, 0.6) is 0 Å². The lowest BCUT2D eigenvalue weighted by molar-refractivity contribution is -0.141. The molecule has 1 aliphatic rings. The fourth-order valence-corrected chi connectivity index (χ4v) is 4.62. The number of nitrogens with one attached hydrogen (secondary N) is 1. The number of carboxylic acids is 1. The quantitative estimate of drug-likeness (QED) is 0.892. The molecule has 1 saturated heterocycles. The molecule has 2 atom stereocenters. The third kappa shape index (κ3) is 3.71. The summed E-state index contributed by atoms with van der Waals surface area (Å²) in [4.78, 5) is 27.5. The SMILES string of the molecule is Cc1ccc(CNC(=O)N2C(C(=O)O)CSC2C(C)C)s1. The van der Waals surface area contributed by atoms with Crippen molar-refractivity contribution in [2.24, 2.45) is 5.92 Å². The zero-order valence-corrected chi connectivity index (χ0v) is 14.0. The first-order valence-corrected chi connectivity index (χ1v) is 8.72. The molecule has 0 aliphatic carbocycles. The molecular weight excluding hydrogens is 308 g/mol. The molecule has 2 heterocycles. The molecule has 2 rings (SSSR count). The molecule has 21 heavy (non-hydrogen) atoms. The molecule has 7 heteroatoms. The fourth-order valence-electron chi connectivity index (χ4n) is 2.32. The summed E-state index contributed by atoms with van der Waals surface area (Å²) in [6, 6.07) is 2.95. The molecule has 0 aromatic carbocycles. The minimum atomic E-state index is -0.937. The Kier molecular flexibility index (Phi) is 5.16. The van der Waals surface area contributed by atoms with Crippen LogP contribution in [0, 0.1) is 12.8 Å². The van der Waals surface area contributed by atoms with Gasteiger partial charge in [0.15, 0.2) is 0 Å². The Labute approximate surface area is 132 Å². The van der Waals surface area contributed by atoms with Gasteiger partial charge in [0.2, 0.25) is 0 Å². The highest BCUT2D eigenvalue weighted by atomic mass is 32.2. The number of thiophene rings is 1. The lowest BCUT2D eigenvalue weighted by atomic mass is 10.2. The van der Waals surface area contributed by atoms with Crippen molar-refractivity contribution in [3.05, 3.63) is 21.9 Å². The zero-order chi connectivity index (χ0) is 15.6. The molecule has 1 aromatic rings. The Balaban J connectivity index is 2.04. The molecule has 2 unspecified atom stereocenters. The number of carbonyl (C=O) groups excluding carboxylic acids is 1. The van der Waals surface area contributed by atoms with Gasteiger partial charge in [-0.3, -0.25) is 4.90 Å². The Morgan fingerprint density at radius 2 is 2.19 bits per heavy atom. The second-order valence-corrected chi connectivity index (χ2v) is 7.92. The van der Waals surface area contributed by atoms with E-state index in [9.17, 15) is 14.7 Å². The Morgan fingerprint density at radius 1 is 1.48 bits per heavy atom. The van der Waals surface area contributed by atoms with Crippen molar-refractivity contribution in [3.8, 4) is 0 Å². The third-order valence-corrected chi connectivity index (χ3v) is 5.96. The summed E-state index contributed by atoms with van der Waals surface area (Å²) >= 11 is 3.17. The van der Waals surface area contributed by atoms with Gasteiger partial charge < -0.3 is 10.4 Å². The highest BCUT2D eigenvalue weighted by Gasteiger charge is 2.42. The topological polar surface area (TPSA) is 69.6 Å². The van der Waals surface area contributed by atoms with Crippen LogP contribution in [0.3, 0.4) is 0 Å². The Morgan fingerprint density at radius 3 is 2.71 bits per heavy atom. The fraction of sp³-hybridized carbons (Fsp3) is 0.571. The third-order valence-electron chi connectivity index (χ3n) is 3.33. The van der Waals surface area contributed by atoms with E-state index in [0.29, 0.717) is 12.3 Å². The summed E-state index contributed by atoms with van der Waals surface area (Å²) in [5.74, 6) is -0.272. The number of amides is 2. The van der Waals surface area contributed by atoms with Crippen LogP contribution in [0.2, 0.25) is 0 Å². The maximum Gasteiger partial charge on any atom is 0.327 e. The number of hydrogen-bond acceptors (Lipinski definition) is 4. The van der Waals surface area contributed by atoms with Crippen LogP contribution in [0.1, 0.15) is 23.6 Å². The summed E-state index contributed by atoms with van der Waals surface area (Å²) < 4.78 is 0. The van der Waals surface area contributed by atoms with Crippen molar-refractivity contribution < 1.29 is 14.7 Å². The normalized spacial score (nSPS) is 21.8. The lowest BCUT2D eigenvalue weighted by Crippen LogP contribution is -2.51. The second kappa shape index (κ2) is 6.70. The highest BCUT2D eigenvalue weighted by Crippen LogP contribution is 2.34. The minimum Gasteiger partial charge on any atom is -0.480 e. The van der Waals surface area contributed by atoms with Gasteiger partial charge in [0, 0.05) is 15.5 Å². The van der Waals surface area contributed by atoms with Gasteiger partial charge in [0.25, 0.3) is 0 Å². The van der Waals surface area contributed by atoms with E-state index < -0.39 is 12.0 Å². The minimum absolute atomic E-state index is 0.0869. The monoisotopic (exact) mass is 328 g/mol. The molecular formula is C14H20N2O3S2. The van der Waals surface area contributed by atoms with Gasteiger partial charge in [0.05, 0.1) is 11.9 Å². The van der Waals surface area contributed by atoms with E-state index in [0.717, 1.165) is 4.88 Å². The average molecular weight is 328 g/mol. The van der Waals surface area contributed by atoms with Crippen LogP contribution in [0.25, 0.3) is 0 Å². The number of aryl methyl sites for hydroxylation is 1. The van der Waals surface area contributed by atoms with Gasteiger partial charge in [-0.2, -0.15) is 0 Å². The summed E-state index contributed by atoms with van der Waals surface area (Å²) in [5, 5.41) is 12.0. The maximum absolute atomic E-state index is 12.4. The molecule has 5 nitrogen and oxygen atoms in total. The number of thioether (sulfide) groups is 1. The van der Waals surface area contributed by atoms with Crippen molar-refractivity contribution in [3.63, 3.8) is 0 Å². The van der Waals surface area contributed by atoms with Gasteiger partial charge in [0.1, 0.15) is 6.04 Å². The first kappa shape index (κ1) is 16.2. The van der Waals surface area contributed by atoms with Crippen LogP contribution in [-0.4, -0.2) is 39.2 Å². The molecule has 2 N–H and O–H groups in total. The van der Waals surface area contributed by atoms with Crippen molar-refractivity contribution in [1.82, 2.24) is 10.2 Å². The van der Waals surface area contributed by atoms with Crippen LogP contribution in [-0.2, 0) is 11.3 Å². The molecule has 116 valence electrons. The molecule has 1 aromatic heterocycles. The van der Waals surface area contributed by atoms with Gasteiger partial charge >= 0.3 is 12.0 Å². The largest absolute Gasteiger partial charge is 0.480 e. The molecule has 0 radical (unpaired) electrons. The first-order valence-electron chi connectivity index (χ1n) is 6.86. The smallest absolute Gasteiger partial charge is 0.327 e. The van der Waals surface area contributed by atoms with Gasteiger partial charge in [-0.25, -0.2) is 9.59 Å². The maximum atomic E-state index is 12.4. The number of aliphatic carboxylic acids is 1. The molecule has 2 amide bonds. The summed E-state index contributed by atoms with van der Waals surface area (Å²) in [5.41, 5.74) is 0. The van der Waals surface area contributed by atoms with Crippen LogP contribution < -0.4 is 5.32 Å². The van der Waals surface area contributed by atoms with Crippen molar-refractivity contribution >= 4 is 35.1 Å². The lowest BCUT2D eigenvalue weighted by Gasteiger charge is -2.29. The molecule has 0 saturated carbocycles. The predicted molar refractivity (Wildman–Crippen MR) is 85.6 cm³/mol. The van der Waals surface area contributed by atoms with Gasteiger partial charge in [-0.1, -0.05) is 13.8 Å². The van der Waals surface area contributed by atoms with E-state index in [1.165, 1.54) is 21.5 Å². The summed E-state index contributed by atoms with van der Waals surface area (Å²) in [6.07, 6.45) is 0. The van der Waals surface area contributed by atoms with Crippen LogP contribution in [0.4, 0.5) is 4.79 Å². The van der Waals surface area contributed by atoms with E-state index in [4.69, 9.17) is 0 Å². The number of carboxylic acid groups (broad SMARTS) is 1. The van der Waals surface area contributed by atoms with Crippen molar-refractivity contribution in [2.45, 2.75) is 38.7 Å². The summed E-state index contributed by atoms with van der Waals surface area (Å²) in [7, 11) is 0. The molecule has 1 aliphatic heterocycles. The van der Waals surface area contributed by atoms with E-state index in [-0.39, 0.29) is 17.3 Å². The second-order valence-electron chi connectivity index (χ2n) is 5.40. The zero-order valence-electron chi connectivity index (χ0n) is 12.3. The number of carbonyl (C=O) groups is 2. The number of hydrogen-bond donors (Lipinski definition) is 2. The molecule has 0 bridgehead atoms. The van der Waals surface area contributed by atoms with Gasteiger partial charge in [-0.05, 0) is 25.0 Å². The Bertz CT molecular complexity index is 530. The average Bonchev–Trinajstić information content (AvgIpc) is 3.01. The first-order chi connectivity index (χ1) is 9.90. The van der Waals surface area contributed by atoms with E-state index in [2.05, 4.69) is 5.32 Å². The highest BCUT2D eigenvalue weighted by molar-refractivity contribution is 8.00. The summed E-state index contributed by atoms with van der Waals surface area (Å²) in [6.45, 7) is 6.47. The van der Waals surface area contributed by atoms with E-state index >= 15 is 0 Å². The van der Waals surface area contributed by atoms with Crippen molar-refractivity contribution in [2.75, 3.05) is 5.75 Å². The van der Waals surface area contributed by atoms with E-state index in [1.54, 1.807) is 11.3 Å². The number of urea groups is 1. The molecule has 1 fully saturated rings. The standard InChI is InChI=1S/C14H20N2O3S2/c1-8(2)12-16(11(7-20-12)13(17)18)14(19)15-6-10-5-4-9(3)21-10/h4-5,8,11-12H,6-7H2,1-3H3,(H,15,19)(H,17,18). The van der Waals surface area contributed by atoms with Crippen LogP contribution >= 0.6 is 23.1 Å². The van der Waals surface area contributed by atoms with Crippen LogP contribution in [0.15, 0.2) is 12.1 Å². The van der Waals surface area contributed by atoms with Crippen molar-refractivity contribution in [1.29, 1.82) is 0 Å². The number of nitrogens with zero attached hydrogens (tertiary/aromatic N) is 1. The number of rotatable bonds is 4. The van der Waals surface area contributed by atoms with Gasteiger partial charge in [-0.15, -0.1) is 23.1 Å².